The number of rotatable bonds is 11. The Bertz CT molecular complexity index is 1400. The molecule has 8 nitrogen and oxygen atoms in total. The molecule has 0 atom stereocenters. The minimum Gasteiger partial charge on any atom is -0.360 e. The number of anilines is 3. The maximum atomic E-state index is 13.1. The second kappa shape index (κ2) is 11.3. The zero-order valence-corrected chi connectivity index (χ0v) is 24.3. The average molecular weight is 551 g/mol. The molecule has 0 fully saturated rings. The SMILES string of the molecule is CCCS(=O)(=O)N(COCC[Si](C)(C)C)c1cccc(Nc2ccc3ncn(C)c(=O)c3c2C)c1Cl. The van der Waals surface area contributed by atoms with Crippen molar-refractivity contribution in [3.05, 3.63) is 57.6 Å². The molecule has 36 heavy (non-hydrogen) atoms. The fourth-order valence-corrected chi connectivity index (χ4v) is 6.24. The number of sulfonamides is 1. The van der Waals surface area contributed by atoms with E-state index in [2.05, 4.69) is 29.9 Å². The second-order valence-corrected chi connectivity index (χ2v) is 18.1. The Morgan fingerprint density at radius 2 is 1.89 bits per heavy atom. The van der Waals surface area contributed by atoms with Crippen LogP contribution in [0, 0.1) is 6.92 Å². The fraction of sp³-hybridized carbons (Fsp3) is 0.440. The molecule has 3 aromatic rings. The summed E-state index contributed by atoms with van der Waals surface area (Å²) in [6.45, 7) is 10.8. The van der Waals surface area contributed by atoms with Gasteiger partial charge in [0, 0.05) is 27.4 Å². The first-order chi connectivity index (χ1) is 16.9. The average Bonchev–Trinajstić information content (AvgIpc) is 2.79. The predicted octanol–water partition coefficient (Wildman–Crippen LogP) is 5.50. The topological polar surface area (TPSA) is 93.5 Å². The molecule has 3 rings (SSSR count). The third-order valence-corrected chi connectivity index (χ3v) is 9.87. The molecule has 1 N–H and O–H groups in total. The highest BCUT2D eigenvalue weighted by Crippen LogP contribution is 2.37. The smallest absolute Gasteiger partial charge is 0.261 e. The minimum atomic E-state index is -3.65. The van der Waals surface area contributed by atoms with Crippen molar-refractivity contribution in [1.29, 1.82) is 0 Å². The molecular formula is C25H35ClN4O4SSi. The van der Waals surface area contributed by atoms with Crippen LogP contribution in [0.2, 0.25) is 30.7 Å². The van der Waals surface area contributed by atoms with Crippen molar-refractivity contribution >= 4 is 57.7 Å². The van der Waals surface area contributed by atoms with Gasteiger partial charge in [-0.25, -0.2) is 17.7 Å². The molecule has 0 aliphatic heterocycles. The van der Waals surface area contributed by atoms with Crippen LogP contribution >= 0.6 is 11.6 Å². The Balaban J connectivity index is 1.97. The van der Waals surface area contributed by atoms with Gasteiger partial charge in [0.2, 0.25) is 10.0 Å². The van der Waals surface area contributed by atoms with Crippen molar-refractivity contribution in [3.63, 3.8) is 0 Å². The summed E-state index contributed by atoms with van der Waals surface area (Å²) >= 11 is 6.78. The third-order valence-electron chi connectivity index (χ3n) is 5.87. The Labute approximate surface area is 219 Å². The Hall–Kier alpha value is -2.40. The number of hydrogen-bond acceptors (Lipinski definition) is 6. The zero-order chi connectivity index (χ0) is 26.7. The van der Waals surface area contributed by atoms with E-state index in [1.54, 1.807) is 31.3 Å². The van der Waals surface area contributed by atoms with E-state index in [4.69, 9.17) is 16.3 Å². The van der Waals surface area contributed by atoms with Gasteiger partial charge in [-0.2, -0.15) is 0 Å². The number of hydrogen-bond donors (Lipinski definition) is 1. The highest BCUT2D eigenvalue weighted by molar-refractivity contribution is 7.92. The summed E-state index contributed by atoms with van der Waals surface area (Å²) in [5.41, 5.74) is 2.74. The molecular weight excluding hydrogens is 516 g/mol. The fourth-order valence-electron chi connectivity index (χ4n) is 3.74. The Morgan fingerprint density at radius 3 is 2.56 bits per heavy atom. The lowest BCUT2D eigenvalue weighted by atomic mass is 10.1. The first-order valence-electron chi connectivity index (χ1n) is 11.9. The number of aryl methyl sites for hydroxylation is 2. The number of halogens is 1. The van der Waals surface area contributed by atoms with Crippen molar-refractivity contribution < 1.29 is 13.2 Å². The molecule has 0 radical (unpaired) electrons. The first-order valence-corrected chi connectivity index (χ1v) is 17.6. The van der Waals surface area contributed by atoms with Gasteiger partial charge >= 0.3 is 0 Å². The van der Waals surface area contributed by atoms with Gasteiger partial charge in [0.15, 0.2) is 0 Å². The van der Waals surface area contributed by atoms with Crippen LogP contribution in [-0.2, 0) is 21.8 Å². The molecule has 0 amide bonds. The van der Waals surface area contributed by atoms with Crippen molar-refractivity contribution in [1.82, 2.24) is 9.55 Å². The summed E-state index contributed by atoms with van der Waals surface area (Å²) in [7, 11) is -3.31. The molecule has 0 unspecified atom stereocenters. The van der Waals surface area contributed by atoms with Crippen molar-refractivity contribution in [2.24, 2.45) is 7.05 Å². The van der Waals surface area contributed by atoms with E-state index in [0.717, 1.165) is 11.6 Å². The van der Waals surface area contributed by atoms with Gasteiger partial charge in [-0.1, -0.05) is 44.2 Å². The normalized spacial score (nSPS) is 12.2. The summed E-state index contributed by atoms with van der Waals surface area (Å²) < 4.78 is 34.8. The van der Waals surface area contributed by atoms with Gasteiger partial charge in [-0.15, -0.1) is 0 Å². The summed E-state index contributed by atoms with van der Waals surface area (Å²) in [6.07, 6.45) is 1.97. The Morgan fingerprint density at radius 1 is 1.17 bits per heavy atom. The lowest BCUT2D eigenvalue weighted by Gasteiger charge is -2.26. The van der Waals surface area contributed by atoms with Crippen LogP contribution in [0.1, 0.15) is 18.9 Å². The number of fused-ring (bicyclic) bond motifs is 1. The molecule has 0 saturated carbocycles. The van der Waals surface area contributed by atoms with Gasteiger partial charge in [0.1, 0.15) is 6.73 Å². The van der Waals surface area contributed by atoms with Crippen LogP contribution in [0.4, 0.5) is 17.1 Å². The summed E-state index contributed by atoms with van der Waals surface area (Å²) in [5.74, 6) is -0.0154. The van der Waals surface area contributed by atoms with E-state index < -0.39 is 18.1 Å². The Kier molecular flexibility index (Phi) is 8.87. The van der Waals surface area contributed by atoms with E-state index >= 15 is 0 Å². The quantitative estimate of drug-likeness (QED) is 0.192. The molecule has 1 heterocycles. The molecule has 2 aromatic carbocycles. The molecule has 0 saturated heterocycles. The van der Waals surface area contributed by atoms with Crippen LogP contribution < -0.4 is 15.2 Å². The second-order valence-electron chi connectivity index (χ2n) is 10.1. The highest BCUT2D eigenvalue weighted by Gasteiger charge is 2.26. The number of nitrogens with zero attached hydrogens (tertiary/aromatic N) is 3. The summed E-state index contributed by atoms with van der Waals surface area (Å²) in [5, 5.41) is 4.05. The highest BCUT2D eigenvalue weighted by atomic mass is 35.5. The van der Waals surface area contributed by atoms with Crippen LogP contribution in [0.25, 0.3) is 10.9 Å². The summed E-state index contributed by atoms with van der Waals surface area (Å²) in [4.78, 5) is 17.0. The van der Waals surface area contributed by atoms with Gasteiger partial charge in [-0.3, -0.25) is 4.79 Å². The molecule has 0 aliphatic carbocycles. The molecule has 11 heteroatoms. The first kappa shape index (κ1) is 28.2. The van der Waals surface area contributed by atoms with Crippen LogP contribution in [0.5, 0.6) is 0 Å². The van der Waals surface area contributed by atoms with Crippen molar-refractivity contribution in [2.45, 2.75) is 46.0 Å². The van der Waals surface area contributed by atoms with E-state index in [9.17, 15) is 13.2 Å². The lowest BCUT2D eigenvalue weighted by molar-refractivity contribution is 0.156. The molecule has 196 valence electrons. The third kappa shape index (κ3) is 6.47. The van der Waals surface area contributed by atoms with Crippen LogP contribution in [-0.4, -0.2) is 45.1 Å². The predicted molar refractivity (Wildman–Crippen MR) is 152 cm³/mol. The van der Waals surface area contributed by atoms with E-state index in [-0.39, 0.29) is 23.1 Å². The van der Waals surface area contributed by atoms with Crippen molar-refractivity contribution in [2.75, 3.05) is 28.7 Å². The van der Waals surface area contributed by atoms with Crippen LogP contribution in [0.15, 0.2) is 41.5 Å². The zero-order valence-electron chi connectivity index (χ0n) is 21.8. The molecule has 1 aromatic heterocycles. The number of nitrogens with one attached hydrogen (secondary N) is 1. The van der Waals surface area contributed by atoms with Gasteiger partial charge in [-0.05, 0) is 49.2 Å². The number of ether oxygens (including phenoxy) is 1. The van der Waals surface area contributed by atoms with Gasteiger partial charge in [0.05, 0.1) is 39.4 Å². The van der Waals surface area contributed by atoms with E-state index in [0.29, 0.717) is 41.0 Å². The molecule has 0 aliphatic rings. The monoisotopic (exact) mass is 550 g/mol. The number of aromatic nitrogens is 2. The van der Waals surface area contributed by atoms with Gasteiger partial charge < -0.3 is 14.6 Å². The van der Waals surface area contributed by atoms with E-state index in [1.807, 2.05) is 19.9 Å². The largest absolute Gasteiger partial charge is 0.360 e. The molecule has 0 bridgehead atoms. The lowest BCUT2D eigenvalue weighted by Crippen LogP contribution is -2.36. The molecule has 0 spiro atoms. The maximum Gasteiger partial charge on any atom is 0.261 e. The summed E-state index contributed by atoms with van der Waals surface area (Å²) in [6, 6.07) is 9.73. The minimum absolute atomic E-state index is 0.0154. The van der Waals surface area contributed by atoms with Crippen LogP contribution in [0.3, 0.4) is 0 Å². The van der Waals surface area contributed by atoms with Gasteiger partial charge in [0.25, 0.3) is 5.56 Å². The number of benzene rings is 2. The van der Waals surface area contributed by atoms with Crippen molar-refractivity contribution in [3.8, 4) is 0 Å². The standard InChI is InChI=1S/C25H35ClN4O4SSi/c1-7-14-35(32,33)30(17-34-13-15-36(4,5)6)22-10-8-9-21(24(22)26)28-19-11-12-20-23(18(19)2)25(31)29(3)16-27-20/h8-12,16,28H,7,13-15,17H2,1-6H3. The van der Waals surface area contributed by atoms with E-state index in [1.165, 1.54) is 15.2 Å². The maximum absolute atomic E-state index is 13.1.